The molecule has 0 aromatic heterocycles. The summed E-state index contributed by atoms with van der Waals surface area (Å²) in [5.41, 5.74) is -1.33. The Kier molecular flexibility index (Phi) is 4.46. The monoisotopic (exact) mass is 224 g/mol. The third kappa shape index (κ3) is 2.59. The quantitative estimate of drug-likeness (QED) is 0.727. The van der Waals surface area contributed by atoms with Crippen molar-refractivity contribution in [2.75, 3.05) is 13.2 Å². The molecule has 0 spiro atoms. The van der Waals surface area contributed by atoms with Crippen LogP contribution in [0.5, 0.6) is 0 Å². The molecule has 0 radical (unpaired) electrons. The van der Waals surface area contributed by atoms with Crippen LogP contribution in [0.2, 0.25) is 0 Å². The molecule has 1 atom stereocenters. The van der Waals surface area contributed by atoms with Gasteiger partial charge in [-0.15, -0.1) is 0 Å². The van der Waals surface area contributed by atoms with Crippen LogP contribution >= 0.6 is 0 Å². The first-order valence-corrected chi connectivity index (χ1v) is 5.21. The van der Waals surface area contributed by atoms with E-state index in [1.54, 1.807) is 37.3 Å². The second kappa shape index (κ2) is 5.63. The summed E-state index contributed by atoms with van der Waals surface area (Å²) in [5.74, 6) is -0.727. The normalized spacial score (nSPS) is 14.2. The molecule has 88 valence electrons. The summed E-state index contributed by atoms with van der Waals surface area (Å²) >= 11 is 0. The summed E-state index contributed by atoms with van der Waals surface area (Å²) in [7, 11) is 0. The highest BCUT2D eigenvalue weighted by Crippen LogP contribution is 2.26. The average Bonchev–Trinajstić information content (AvgIpc) is 2.30. The first kappa shape index (κ1) is 12.7. The molecule has 0 fully saturated rings. The van der Waals surface area contributed by atoms with E-state index in [4.69, 9.17) is 9.84 Å². The maximum atomic E-state index is 11.7. The molecule has 1 rings (SSSR count). The van der Waals surface area contributed by atoms with Gasteiger partial charge < -0.3 is 14.9 Å². The van der Waals surface area contributed by atoms with Crippen molar-refractivity contribution >= 4 is 5.97 Å². The number of carbonyl (C=O) groups is 1. The molecular weight excluding hydrogens is 208 g/mol. The molecular formula is C12H16O4. The van der Waals surface area contributed by atoms with Gasteiger partial charge in [0.05, 0.1) is 6.61 Å². The van der Waals surface area contributed by atoms with Crippen LogP contribution in [-0.4, -0.2) is 29.4 Å². The van der Waals surface area contributed by atoms with E-state index in [1.807, 2.05) is 0 Å². The minimum atomic E-state index is -1.76. The molecule has 1 aromatic rings. The lowest BCUT2D eigenvalue weighted by molar-refractivity contribution is -0.168. The summed E-state index contributed by atoms with van der Waals surface area (Å²) in [5, 5.41) is 19.2. The van der Waals surface area contributed by atoms with Crippen LogP contribution in [0, 0.1) is 0 Å². The smallest absolute Gasteiger partial charge is 0.342 e. The van der Waals surface area contributed by atoms with Gasteiger partial charge in [0.1, 0.15) is 0 Å². The van der Waals surface area contributed by atoms with E-state index in [2.05, 4.69) is 0 Å². The van der Waals surface area contributed by atoms with E-state index in [-0.39, 0.29) is 19.6 Å². The van der Waals surface area contributed by atoms with Gasteiger partial charge in [0.25, 0.3) is 0 Å². The van der Waals surface area contributed by atoms with E-state index in [0.29, 0.717) is 5.56 Å². The lowest BCUT2D eigenvalue weighted by Gasteiger charge is -2.25. The fraction of sp³-hybridized carbons (Fsp3) is 0.417. The number of hydrogen-bond donors (Lipinski definition) is 2. The van der Waals surface area contributed by atoms with Crippen molar-refractivity contribution < 1.29 is 19.7 Å². The Morgan fingerprint density at radius 3 is 2.50 bits per heavy atom. The SMILES string of the molecule is CCOC(=O)C(O)(CCO)c1ccccc1. The molecule has 0 amide bonds. The number of hydrogen-bond acceptors (Lipinski definition) is 4. The second-order valence-corrected chi connectivity index (χ2v) is 3.42. The van der Waals surface area contributed by atoms with Crippen molar-refractivity contribution in [2.24, 2.45) is 0 Å². The van der Waals surface area contributed by atoms with Gasteiger partial charge in [-0.05, 0) is 12.5 Å². The largest absolute Gasteiger partial charge is 0.464 e. The number of carbonyl (C=O) groups excluding carboxylic acids is 1. The van der Waals surface area contributed by atoms with Crippen LogP contribution < -0.4 is 0 Å². The number of esters is 1. The molecule has 1 aromatic carbocycles. The molecule has 2 N–H and O–H groups in total. The fourth-order valence-electron chi connectivity index (χ4n) is 1.49. The van der Waals surface area contributed by atoms with Crippen molar-refractivity contribution in [3.8, 4) is 0 Å². The number of benzene rings is 1. The van der Waals surface area contributed by atoms with Gasteiger partial charge in [0.15, 0.2) is 5.60 Å². The highest BCUT2D eigenvalue weighted by Gasteiger charge is 2.38. The maximum Gasteiger partial charge on any atom is 0.342 e. The molecule has 0 aliphatic carbocycles. The topological polar surface area (TPSA) is 66.8 Å². The van der Waals surface area contributed by atoms with Crippen molar-refractivity contribution in [2.45, 2.75) is 18.9 Å². The van der Waals surface area contributed by atoms with Gasteiger partial charge in [-0.25, -0.2) is 4.79 Å². The molecule has 0 saturated heterocycles. The summed E-state index contributed by atoms with van der Waals surface area (Å²) in [6.45, 7) is 1.58. The minimum Gasteiger partial charge on any atom is -0.464 e. The number of ether oxygens (including phenoxy) is 1. The zero-order chi connectivity index (χ0) is 12.0. The van der Waals surface area contributed by atoms with Crippen LogP contribution in [0.3, 0.4) is 0 Å². The number of rotatable bonds is 5. The van der Waals surface area contributed by atoms with E-state index in [1.165, 1.54) is 0 Å². The van der Waals surface area contributed by atoms with Crippen LogP contribution in [0.4, 0.5) is 0 Å². The van der Waals surface area contributed by atoms with E-state index >= 15 is 0 Å². The Morgan fingerprint density at radius 1 is 1.38 bits per heavy atom. The molecule has 0 saturated carbocycles. The number of aliphatic hydroxyl groups is 2. The lowest BCUT2D eigenvalue weighted by Crippen LogP contribution is -2.38. The van der Waals surface area contributed by atoms with Gasteiger partial charge in [-0.1, -0.05) is 30.3 Å². The predicted molar refractivity (Wildman–Crippen MR) is 58.7 cm³/mol. The Balaban J connectivity index is 3.01. The average molecular weight is 224 g/mol. The molecule has 1 unspecified atom stereocenters. The zero-order valence-corrected chi connectivity index (χ0v) is 9.22. The molecule has 0 aliphatic heterocycles. The maximum absolute atomic E-state index is 11.7. The minimum absolute atomic E-state index is 0.0736. The molecule has 0 bridgehead atoms. The van der Waals surface area contributed by atoms with E-state index in [9.17, 15) is 9.90 Å². The molecule has 16 heavy (non-hydrogen) atoms. The van der Waals surface area contributed by atoms with Crippen LogP contribution in [0.15, 0.2) is 30.3 Å². The Labute approximate surface area is 94.5 Å². The highest BCUT2D eigenvalue weighted by molar-refractivity contribution is 5.81. The lowest BCUT2D eigenvalue weighted by atomic mass is 9.91. The van der Waals surface area contributed by atoms with Crippen LogP contribution in [-0.2, 0) is 15.1 Å². The van der Waals surface area contributed by atoms with Gasteiger partial charge >= 0.3 is 5.97 Å². The zero-order valence-electron chi connectivity index (χ0n) is 9.22. The van der Waals surface area contributed by atoms with Crippen LogP contribution in [0.1, 0.15) is 18.9 Å². The van der Waals surface area contributed by atoms with Gasteiger partial charge in [-0.2, -0.15) is 0 Å². The standard InChI is InChI=1S/C12H16O4/c1-2-16-11(14)12(15,8-9-13)10-6-4-3-5-7-10/h3-7,13,15H,2,8-9H2,1H3. The third-order valence-corrected chi connectivity index (χ3v) is 2.34. The number of aliphatic hydroxyl groups excluding tert-OH is 1. The fourth-order valence-corrected chi connectivity index (χ4v) is 1.49. The molecule has 0 aliphatic rings. The summed E-state index contributed by atoms with van der Waals surface area (Å²) in [6.07, 6.45) is -0.0736. The van der Waals surface area contributed by atoms with Crippen molar-refractivity contribution in [1.82, 2.24) is 0 Å². The van der Waals surface area contributed by atoms with Crippen LogP contribution in [0.25, 0.3) is 0 Å². The summed E-state index contributed by atoms with van der Waals surface area (Å²) in [4.78, 5) is 11.7. The van der Waals surface area contributed by atoms with Crippen molar-refractivity contribution in [3.05, 3.63) is 35.9 Å². The van der Waals surface area contributed by atoms with Gasteiger partial charge in [-0.3, -0.25) is 0 Å². The summed E-state index contributed by atoms with van der Waals surface area (Å²) < 4.78 is 4.81. The molecule has 0 heterocycles. The summed E-state index contributed by atoms with van der Waals surface area (Å²) in [6, 6.07) is 8.49. The Hall–Kier alpha value is -1.39. The predicted octanol–water partition coefficient (Wildman–Crippen LogP) is 0.820. The van der Waals surface area contributed by atoms with E-state index in [0.717, 1.165) is 0 Å². The van der Waals surface area contributed by atoms with E-state index < -0.39 is 11.6 Å². The second-order valence-electron chi connectivity index (χ2n) is 3.42. The first-order chi connectivity index (χ1) is 7.65. The highest BCUT2D eigenvalue weighted by atomic mass is 16.5. The van der Waals surface area contributed by atoms with Gasteiger partial charge in [0.2, 0.25) is 0 Å². The molecule has 4 nitrogen and oxygen atoms in total. The van der Waals surface area contributed by atoms with Gasteiger partial charge in [0, 0.05) is 13.0 Å². The molecule has 4 heteroatoms. The third-order valence-electron chi connectivity index (χ3n) is 2.34. The van der Waals surface area contributed by atoms with Crippen molar-refractivity contribution in [1.29, 1.82) is 0 Å². The Bertz CT molecular complexity index is 336. The van der Waals surface area contributed by atoms with Crippen molar-refractivity contribution in [3.63, 3.8) is 0 Å². The first-order valence-electron chi connectivity index (χ1n) is 5.21. The Morgan fingerprint density at radius 2 is 2.00 bits per heavy atom.